The van der Waals surface area contributed by atoms with Crippen molar-refractivity contribution >= 4 is 23.0 Å². The molecule has 1 unspecified atom stereocenters. The molecule has 0 bridgehead atoms. The van der Waals surface area contributed by atoms with E-state index in [2.05, 4.69) is 52.2 Å². The van der Waals surface area contributed by atoms with Gasteiger partial charge in [-0.1, -0.05) is 13.0 Å². The lowest BCUT2D eigenvalue weighted by Gasteiger charge is -2.37. The van der Waals surface area contributed by atoms with Crippen molar-refractivity contribution < 1.29 is 14.3 Å². The predicted molar refractivity (Wildman–Crippen MR) is 127 cm³/mol. The number of hydrogen-bond acceptors (Lipinski definition) is 7. The molecule has 3 rings (SSSR count). The standard InChI is InChI=1S/C24H35N5O3/c1-4-17(14-23(25)30)18-7-8-22(29(5-2)20-9-11-31-12-10-20)21(13-18)28-19-15-26-24(27-16-19)32-6-3/h7-8,13,15-17,20,28H,4-6,9-12,14H2,1-3H3,(H2,25,30). The molecule has 1 aliphatic rings. The maximum absolute atomic E-state index is 11.6. The Hall–Kier alpha value is -2.87. The third-order valence-electron chi connectivity index (χ3n) is 5.89. The SMILES string of the molecule is CCOc1ncc(Nc2cc(C(CC)CC(N)=O)ccc2N(CC)C2CCOCC2)cn1. The minimum atomic E-state index is -0.285. The summed E-state index contributed by atoms with van der Waals surface area (Å²) < 4.78 is 10.9. The van der Waals surface area contributed by atoms with E-state index in [-0.39, 0.29) is 11.8 Å². The van der Waals surface area contributed by atoms with Crippen molar-refractivity contribution in [3.8, 4) is 6.01 Å². The van der Waals surface area contributed by atoms with Gasteiger partial charge in [-0.25, -0.2) is 9.97 Å². The second kappa shape index (κ2) is 11.7. The summed E-state index contributed by atoms with van der Waals surface area (Å²) >= 11 is 0. The number of carbonyl (C=O) groups excluding carboxylic acids is 1. The van der Waals surface area contributed by atoms with Gasteiger partial charge in [-0.2, -0.15) is 0 Å². The summed E-state index contributed by atoms with van der Waals surface area (Å²) in [6.45, 7) is 9.13. The summed E-state index contributed by atoms with van der Waals surface area (Å²) in [5.41, 5.74) is 9.45. The van der Waals surface area contributed by atoms with Crippen LogP contribution < -0.4 is 20.7 Å². The molecule has 1 aromatic carbocycles. The van der Waals surface area contributed by atoms with Crippen molar-refractivity contribution in [2.45, 2.75) is 58.4 Å². The highest BCUT2D eigenvalue weighted by Crippen LogP contribution is 2.36. The van der Waals surface area contributed by atoms with E-state index < -0.39 is 0 Å². The highest BCUT2D eigenvalue weighted by Gasteiger charge is 2.24. The lowest BCUT2D eigenvalue weighted by atomic mass is 9.92. The Kier molecular flexibility index (Phi) is 8.67. The van der Waals surface area contributed by atoms with Gasteiger partial charge in [-0.3, -0.25) is 4.79 Å². The molecule has 2 aromatic rings. The molecule has 1 aromatic heterocycles. The minimum Gasteiger partial charge on any atom is -0.464 e. The Morgan fingerprint density at radius 1 is 1.25 bits per heavy atom. The van der Waals surface area contributed by atoms with Gasteiger partial charge in [0, 0.05) is 32.2 Å². The molecule has 8 nitrogen and oxygen atoms in total. The highest BCUT2D eigenvalue weighted by molar-refractivity contribution is 5.78. The fourth-order valence-electron chi connectivity index (χ4n) is 4.26. The molecular formula is C24H35N5O3. The monoisotopic (exact) mass is 441 g/mol. The number of nitrogens with two attached hydrogens (primary N) is 1. The number of hydrogen-bond donors (Lipinski definition) is 2. The fourth-order valence-corrected chi connectivity index (χ4v) is 4.26. The van der Waals surface area contributed by atoms with Crippen LogP contribution in [-0.4, -0.2) is 48.3 Å². The normalized spacial score (nSPS) is 15.2. The topological polar surface area (TPSA) is 103 Å². The smallest absolute Gasteiger partial charge is 0.316 e. The van der Waals surface area contributed by atoms with E-state index >= 15 is 0 Å². The van der Waals surface area contributed by atoms with Crippen molar-refractivity contribution in [3.05, 3.63) is 36.2 Å². The molecule has 2 heterocycles. The maximum atomic E-state index is 11.6. The number of aromatic nitrogens is 2. The van der Waals surface area contributed by atoms with Crippen molar-refractivity contribution in [2.75, 3.05) is 36.6 Å². The number of rotatable bonds is 11. The molecule has 1 atom stereocenters. The summed E-state index contributed by atoms with van der Waals surface area (Å²) in [4.78, 5) is 22.6. The van der Waals surface area contributed by atoms with Crippen LogP contribution in [-0.2, 0) is 9.53 Å². The van der Waals surface area contributed by atoms with Crippen LogP contribution in [0.15, 0.2) is 30.6 Å². The van der Waals surface area contributed by atoms with Crippen LogP contribution in [0, 0.1) is 0 Å². The van der Waals surface area contributed by atoms with Crippen LogP contribution in [0.1, 0.15) is 57.9 Å². The van der Waals surface area contributed by atoms with E-state index in [1.807, 2.05) is 6.92 Å². The Bertz CT molecular complexity index is 868. The number of benzene rings is 1. The van der Waals surface area contributed by atoms with E-state index in [9.17, 15) is 4.79 Å². The molecule has 1 amide bonds. The van der Waals surface area contributed by atoms with Crippen LogP contribution in [0.3, 0.4) is 0 Å². The first-order chi connectivity index (χ1) is 15.5. The molecular weight excluding hydrogens is 406 g/mol. The molecule has 3 N–H and O–H groups in total. The second-order valence-corrected chi connectivity index (χ2v) is 7.99. The van der Waals surface area contributed by atoms with Gasteiger partial charge in [0.15, 0.2) is 0 Å². The number of ether oxygens (including phenoxy) is 2. The summed E-state index contributed by atoms with van der Waals surface area (Å²) in [6, 6.07) is 7.18. The Morgan fingerprint density at radius 3 is 2.56 bits per heavy atom. The summed E-state index contributed by atoms with van der Waals surface area (Å²) in [7, 11) is 0. The van der Waals surface area contributed by atoms with Crippen molar-refractivity contribution in [3.63, 3.8) is 0 Å². The maximum Gasteiger partial charge on any atom is 0.316 e. The molecule has 1 aliphatic heterocycles. The van der Waals surface area contributed by atoms with Gasteiger partial charge in [0.1, 0.15) is 0 Å². The van der Waals surface area contributed by atoms with Crippen LogP contribution >= 0.6 is 0 Å². The molecule has 0 spiro atoms. The van der Waals surface area contributed by atoms with E-state index in [4.69, 9.17) is 15.2 Å². The Balaban J connectivity index is 1.96. The Labute approximate surface area is 190 Å². The van der Waals surface area contributed by atoms with Gasteiger partial charge in [0.2, 0.25) is 5.91 Å². The van der Waals surface area contributed by atoms with E-state index in [1.165, 1.54) is 0 Å². The number of nitrogens with one attached hydrogen (secondary N) is 1. The van der Waals surface area contributed by atoms with Crippen LogP contribution in [0.5, 0.6) is 6.01 Å². The molecule has 0 radical (unpaired) electrons. The lowest BCUT2D eigenvalue weighted by Crippen LogP contribution is -2.39. The summed E-state index contributed by atoms with van der Waals surface area (Å²) in [6.07, 6.45) is 6.62. The molecule has 1 saturated heterocycles. The minimum absolute atomic E-state index is 0.0804. The number of primary amides is 1. The summed E-state index contributed by atoms with van der Waals surface area (Å²) in [5, 5.41) is 3.50. The lowest BCUT2D eigenvalue weighted by molar-refractivity contribution is -0.118. The van der Waals surface area contributed by atoms with Crippen LogP contribution in [0.25, 0.3) is 0 Å². The van der Waals surface area contributed by atoms with Crippen molar-refractivity contribution in [1.82, 2.24) is 9.97 Å². The number of carbonyl (C=O) groups is 1. The predicted octanol–water partition coefficient (Wildman–Crippen LogP) is 3.99. The first-order valence-corrected chi connectivity index (χ1v) is 11.5. The summed E-state index contributed by atoms with van der Waals surface area (Å²) in [5.74, 6) is -0.204. The number of amides is 1. The quantitative estimate of drug-likeness (QED) is 0.543. The van der Waals surface area contributed by atoms with E-state index in [0.29, 0.717) is 25.1 Å². The third-order valence-corrected chi connectivity index (χ3v) is 5.89. The van der Waals surface area contributed by atoms with Crippen molar-refractivity contribution in [2.24, 2.45) is 5.73 Å². The van der Waals surface area contributed by atoms with Crippen LogP contribution in [0.4, 0.5) is 17.1 Å². The number of anilines is 3. The average Bonchev–Trinajstić information content (AvgIpc) is 2.81. The molecule has 8 heteroatoms. The molecule has 0 aliphatic carbocycles. The molecule has 1 fully saturated rings. The number of nitrogens with zero attached hydrogens (tertiary/aromatic N) is 3. The molecule has 0 saturated carbocycles. The largest absolute Gasteiger partial charge is 0.464 e. The van der Waals surface area contributed by atoms with Gasteiger partial charge >= 0.3 is 6.01 Å². The zero-order valence-corrected chi connectivity index (χ0v) is 19.3. The van der Waals surface area contributed by atoms with Gasteiger partial charge in [-0.15, -0.1) is 0 Å². The van der Waals surface area contributed by atoms with Gasteiger partial charge in [0.25, 0.3) is 0 Å². The third kappa shape index (κ3) is 6.09. The van der Waals surface area contributed by atoms with Gasteiger partial charge < -0.3 is 25.4 Å². The van der Waals surface area contributed by atoms with E-state index in [1.54, 1.807) is 12.4 Å². The van der Waals surface area contributed by atoms with Crippen LogP contribution in [0.2, 0.25) is 0 Å². The second-order valence-electron chi connectivity index (χ2n) is 7.99. The van der Waals surface area contributed by atoms with E-state index in [0.717, 1.165) is 61.6 Å². The first-order valence-electron chi connectivity index (χ1n) is 11.5. The zero-order valence-electron chi connectivity index (χ0n) is 19.3. The first kappa shape index (κ1) is 23.8. The van der Waals surface area contributed by atoms with Gasteiger partial charge in [0.05, 0.1) is 36.1 Å². The molecule has 32 heavy (non-hydrogen) atoms. The van der Waals surface area contributed by atoms with Gasteiger partial charge in [-0.05, 0) is 56.7 Å². The Morgan fingerprint density at radius 2 is 1.97 bits per heavy atom. The molecule has 174 valence electrons. The fraction of sp³-hybridized carbons (Fsp3) is 0.542. The van der Waals surface area contributed by atoms with Crippen molar-refractivity contribution in [1.29, 1.82) is 0 Å². The highest BCUT2D eigenvalue weighted by atomic mass is 16.5. The zero-order chi connectivity index (χ0) is 22.9. The average molecular weight is 442 g/mol.